The zero-order valence-electron chi connectivity index (χ0n) is 12.5. The molecule has 3 N–H and O–H groups in total. The summed E-state index contributed by atoms with van der Waals surface area (Å²) in [6.07, 6.45) is 0. The molecule has 0 aliphatic heterocycles. The number of nitrogens with one attached hydrogen (secondary N) is 3. The van der Waals surface area contributed by atoms with Gasteiger partial charge in [-0.1, -0.05) is 13.8 Å². The van der Waals surface area contributed by atoms with Gasteiger partial charge in [-0.25, -0.2) is 4.79 Å². The molecular weight excluding hydrogens is 270 g/mol. The normalized spacial score (nSPS) is 10.1. The Kier molecular flexibility index (Phi) is 6.39. The highest BCUT2D eigenvalue weighted by molar-refractivity contribution is 5.96. The quantitative estimate of drug-likeness (QED) is 0.697. The Labute approximate surface area is 124 Å². The number of carbonyl (C=O) groups excluding carboxylic acids is 3. The number of carbonyl (C=O) groups is 3. The topological polar surface area (TPSA) is 87.3 Å². The summed E-state index contributed by atoms with van der Waals surface area (Å²) in [6, 6.07) is 6.28. The first kappa shape index (κ1) is 16.7. The van der Waals surface area contributed by atoms with Crippen molar-refractivity contribution >= 4 is 23.4 Å². The van der Waals surface area contributed by atoms with Crippen molar-refractivity contribution in [1.82, 2.24) is 10.6 Å². The van der Waals surface area contributed by atoms with Gasteiger partial charge in [-0.3, -0.25) is 14.9 Å². The molecule has 0 saturated heterocycles. The molecule has 0 spiro atoms. The number of Topliss-reactive ketones (excluding diaryl/α,β-unsaturated/α-hetero) is 1. The summed E-state index contributed by atoms with van der Waals surface area (Å²) in [6.45, 7) is 5.92. The number of rotatable bonds is 6. The minimum atomic E-state index is -0.498. The van der Waals surface area contributed by atoms with E-state index in [4.69, 9.17) is 0 Å². The van der Waals surface area contributed by atoms with Crippen LogP contribution in [-0.2, 0) is 4.79 Å². The van der Waals surface area contributed by atoms with E-state index in [1.54, 1.807) is 24.3 Å². The molecule has 21 heavy (non-hydrogen) atoms. The van der Waals surface area contributed by atoms with E-state index in [-0.39, 0.29) is 12.3 Å². The van der Waals surface area contributed by atoms with E-state index in [1.165, 1.54) is 6.92 Å². The van der Waals surface area contributed by atoms with Crippen LogP contribution in [0.5, 0.6) is 0 Å². The Bertz CT molecular complexity index is 509. The van der Waals surface area contributed by atoms with Crippen molar-refractivity contribution in [3.63, 3.8) is 0 Å². The molecule has 0 saturated carbocycles. The van der Waals surface area contributed by atoms with Gasteiger partial charge in [0.25, 0.3) is 0 Å². The molecule has 114 valence electrons. The van der Waals surface area contributed by atoms with E-state index in [9.17, 15) is 14.4 Å². The second-order valence-electron chi connectivity index (χ2n) is 5.14. The fourth-order valence-electron chi connectivity index (χ4n) is 1.52. The van der Waals surface area contributed by atoms with Gasteiger partial charge in [0.15, 0.2) is 5.78 Å². The van der Waals surface area contributed by atoms with Crippen molar-refractivity contribution in [3.8, 4) is 0 Å². The molecule has 0 atom stereocenters. The predicted octanol–water partition coefficient (Wildman–Crippen LogP) is 1.78. The summed E-state index contributed by atoms with van der Waals surface area (Å²) in [5, 5.41) is 7.70. The van der Waals surface area contributed by atoms with Gasteiger partial charge in [0, 0.05) is 17.8 Å². The fraction of sp³-hybridized carbons (Fsp3) is 0.400. The number of hydrogen-bond donors (Lipinski definition) is 3. The van der Waals surface area contributed by atoms with Crippen LogP contribution in [0.3, 0.4) is 0 Å². The lowest BCUT2D eigenvalue weighted by atomic mass is 10.1. The molecule has 0 aliphatic carbocycles. The summed E-state index contributed by atoms with van der Waals surface area (Å²) < 4.78 is 0. The summed E-state index contributed by atoms with van der Waals surface area (Å²) in [4.78, 5) is 34.1. The lowest BCUT2D eigenvalue weighted by molar-refractivity contribution is -0.118. The maximum absolute atomic E-state index is 11.6. The van der Waals surface area contributed by atoms with Gasteiger partial charge >= 0.3 is 6.03 Å². The monoisotopic (exact) mass is 291 g/mol. The molecule has 1 aromatic carbocycles. The number of hydrogen-bond acceptors (Lipinski definition) is 4. The highest BCUT2D eigenvalue weighted by atomic mass is 16.2. The van der Waals surface area contributed by atoms with Crippen molar-refractivity contribution in [2.75, 3.05) is 18.4 Å². The first-order valence-electron chi connectivity index (χ1n) is 6.81. The Balaban J connectivity index is 2.35. The highest BCUT2D eigenvalue weighted by Gasteiger charge is 2.07. The van der Waals surface area contributed by atoms with Gasteiger partial charge in [-0.05, 0) is 37.1 Å². The Morgan fingerprint density at radius 2 is 1.71 bits per heavy atom. The number of urea groups is 1. The van der Waals surface area contributed by atoms with Gasteiger partial charge in [0.05, 0.1) is 6.54 Å². The largest absolute Gasteiger partial charge is 0.376 e. The van der Waals surface area contributed by atoms with Crippen molar-refractivity contribution < 1.29 is 14.4 Å². The van der Waals surface area contributed by atoms with E-state index in [0.29, 0.717) is 23.7 Å². The third kappa shape index (κ3) is 6.56. The zero-order chi connectivity index (χ0) is 15.8. The van der Waals surface area contributed by atoms with Crippen molar-refractivity contribution in [1.29, 1.82) is 0 Å². The molecule has 1 aromatic rings. The SMILES string of the molecule is CC(=O)c1ccc(NCC(=O)NC(=O)NCC(C)C)cc1. The number of imide groups is 1. The minimum absolute atomic E-state index is 0.0129. The molecule has 0 aliphatic rings. The number of benzene rings is 1. The molecule has 6 heteroatoms. The van der Waals surface area contributed by atoms with Crippen LogP contribution in [0, 0.1) is 5.92 Å². The van der Waals surface area contributed by atoms with E-state index in [2.05, 4.69) is 16.0 Å². The Morgan fingerprint density at radius 1 is 1.10 bits per heavy atom. The van der Waals surface area contributed by atoms with Crippen LogP contribution in [0.1, 0.15) is 31.1 Å². The van der Waals surface area contributed by atoms with E-state index >= 15 is 0 Å². The lowest BCUT2D eigenvalue weighted by Gasteiger charge is -2.09. The van der Waals surface area contributed by atoms with Crippen molar-refractivity contribution in [2.24, 2.45) is 5.92 Å². The van der Waals surface area contributed by atoms with Gasteiger partial charge < -0.3 is 10.6 Å². The van der Waals surface area contributed by atoms with Crippen molar-refractivity contribution in [3.05, 3.63) is 29.8 Å². The molecule has 0 fully saturated rings. The van der Waals surface area contributed by atoms with Gasteiger partial charge in [0.2, 0.25) is 5.91 Å². The Hall–Kier alpha value is -2.37. The first-order valence-corrected chi connectivity index (χ1v) is 6.81. The summed E-state index contributed by atoms with van der Waals surface area (Å²) in [5.41, 5.74) is 1.32. The molecule has 0 aromatic heterocycles. The smallest absolute Gasteiger partial charge is 0.321 e. The number of ketones is 1. The average molecular weight is 291 g/mol. The third-order valence-electron chi connectivity index (χ3n) is 2.67. The second-order valence-corrected chi connectivity index (χ2v) is 5.14. The first-order chi connectivity index (χ1) is 9.88. The maximum Gasteiger partial charge on any atom is 0.321 e. The van der Waals surface area contributed by atoms with Gasteiger partial charge in [-0.2, -0.15) is 0 Å². The van der Waals surface area contributed by atoms with Crippen LogP contribution < -0.4 is 16.0 Å². The molecule has 6 nitrogen and oxygen atoms in total. The third-order valence-corrected chi connectivity index (χ3v) is 2.67. The molecule has 1 rings (SSSR count). The second kappa shape index (κ2) is 8.04. The summed E-state index contributed by atoms with van der Waals surface area (Å²) in [7, 11) is 0. The average Bonchev–Trinajstić information content (AvgIpc) is 2.43. The number of anilines is 1. The molecule has 0 radical (unpaired) electrons. The van der Waals surface area contributed by atoms with Crippen LogP contribution >= 0.6 is 0 Å². The van der Waals surface area contributed by atoms with Crippen LogP contribution in [0.2, 0.25) is 0 Å². The van der Waals surface area contributed by atoms with E-state index in [0.717, 1.165) is 0 Å². The lowest BCUT2D eigenvalue weighted by Crippen LogP contribution is -2.43. The summed E-state index contributed by atoms with van der Waals surface area (Å²) in [5.74, 6) is -0.114. The van der Waals surface area contributed by atoms with Gasteiger partial charge in [0.1, 0.15) is 0 Å². The van der Waals surface area contributed by atoms with Crippen molar-refractivity contribution in [2.45, 2.75) is 20.8 Å². The molecule has 3 amide bonds. The van der Waals surface area contributed by atoms with Crippen LogP contribution in [0.15, 0.2) is 24.3 Å². The molecule has 0 unspecified atom stereocenters. The van der Waals surface area contributed by atoms with E-state index in [1.807, 2.05) is 13.8 Å². The number of amides is 3. The van der Waals surface area contributed by atoms with Gasteiger partial charge in [-0.15, -0.1) is 0 Å². The molecule has 0 heterocycles. The standard InChI is InChI=1S/C15H21N3O3/c1-10(2)8-17-15(21)18-14(20)9-16-13-6-4-12(5-7-13)11(3)19/h4-7,10,16H,8-9H2,1-3H3,(H2,17,18,20,21). The zero-order valence-corrected chi connectivity index (χ0v) is 12.5. The minimum Gasteiger partial charge on any atom is -0.376 e. The highest BCUT2D eigenvalue weighted by Crippen LogP contribution is 2.09. The van der Waals surface area contributed by atoms with Crippen LogP contribution in [0.4, 0.5) is 10.5 Å². The fourth-order valence-corrected chi connectivity index (χ4v) is 1.52. The van der Waals surface area contributed by atoms with Crippen LogP contribution in [0.25, 0.3) is 0 Å². The molecule has 0 bridgehead atoms. The maximum atomic E-state index is 11.6. The van der Waals surface area contributed by atoms with E-state index < -0.39 is 11.9 Å². The predicted molar refractivity (Wildman–Crippen MR) is 81.3 cm³/mol. The molecular formula is C15H21N3O3. The van der Waals surface area contributed by atoms with Crippen LogP contribution in [-0.4, -0.2) is 30.8 Å². The Morgan fingerprint density at radius 3 is 2.24 bits per heavy atom. The summed E-state index contributed by atoms with van der Waals surface area (Å²) >= 11 is 0.